The fourth-order valence-corrected chi connectivity index (χ4v) is 3.70. The van der Waals surface area contributed by atoms with Gasteiger partial charge in [-0.25, -0.2) is 9.97 Å². The molecule has 3 rings (SSSR count). The van der Waals surface area contributed by atoms with E-state index in [9.17, 15) is 9.59 Å². The zero-order chi connectivity index (χ0) is 21.7. The largest absolute Gasteiger partial charge is 0.497 e. The Balaban J connectivity index is 1.83. The van der Waals surface area contributed by atoms with Crippen LogP contribution in [-0.4, -0.2) is 40.4 Å². The van der Waals surface area contributed by atoms with Crippen LogP contribution in [0.25, 0.3) is 11.0 Å². The zero-order valence-corrected chi connectivity index (χ0v) is 18.2. The number of nitrogens with zero attached hydrogens (tertiary/aromatic N) is 3. The van der Waals surface area contributed by atoms with Crippen molar-refractivity contribution in [3.8, 4) is 11.5 Å². The molecule has 1 N–H and O–H groups in total. The second-order valence-electron chi connectivity index (χ2n) is 6.98. The molecule has 0 aliphatic heterocycles. The van der Waals surface area contributed by atoms with E-state index in [0.29, 0.717) is 39.9 Å². The summed E-state index contributed by atoms with van der Waals surface area (Å²) >= 11 is 1.20. The maximum absolute atomic E-state index is 12.9. The van der Waals surface area contributed by atoms with E-state index in [1.165, 1.54) is 18.9 Å². The lowest BCUT2D eigenvalue weighted by molar-refractivity contribution is -0.113. The quantitative estimate of drug-likeness (QED) is 0.435. The molecule has 0 aliphatic rings. The number of aromatic nitrogens is 3. The normalized spacial score (nSPS) is 11.0. The van der Waals surface area contributed by atoms with Crippen LogP contribution in [0.15, 0.2) is 46.5 Å². The minimum atomic E-state index is -0.252. The third-order valence-corrected chi connectivity index (χ3v) is 5.23. The summed E-state index contributed by atoms with van der Waals surface area (Å²) in [5.41, 5.74) is 0.731. The van der Waals surface area contributed by atoms with Gasteiger partial charge in [0.25, 0.3) is 5.56 Å². The van der Waals surface area contributed by atoms with Crippen LogP contribution >= 0.6 is 11.8 Å². The average Bonchev–Trinajstić information content (AvgIpc) is 2.74. The van der Waals surface area contributed by atoms with Crippen LogP contribution in [-0.2, 0) is 11.3 Å². The lowest BCUT2D eigenvalue weighted by Gasteiger charge is -2.15. The minimum Gasteiger partial charge on any atom is -0.497 e. The van der Waals surface area contributed by atoms with Gasteiger partial charge in [-0.1, -0.05) is 25.6 Å². The molecule has 2 heterocycles. The number of fused-ring (bicyclic) bond motifs is 1. The van der Waals surface area contributed by atoms with Gasteiger partial charge in [0.15, 0.2) is 10.8 Å². The van der Waals surface area contributed by atoms with E-state index in [1.54, 1.807) is 48.2 Å². The number of benzene rings is 1. The van der Waals surface area contributed by atoms with E-state index in [2.05, 4.69) is 15.3 Å². The highest BCUT2D eigenvalue weighted by Gasteiger charge is 2.16. The highest BCUT2D eigenvalue weighted by Crippen LogP contribution is 2.29. The summed E-state index contributed by atoms with van der Waals surface area (Å²) in [5.74, 6) is 1.19. The molecule has 3 aromatic rings. The average molecular weight is 429 g/mol. The maximum atomic E-state index is 12.9. The van der Waals surface area contributed by atoms with Crippen molar-refractivity contribution < 1.29 is 14.3 Å². The first-order valence-corrected chi connectivity index (χ1v) is 10.4. The first kappa shape index (κ1) is 21.6. The molecule has 30 heavy (non-hydrogen) atoms. The number of amides is 1. The SMILES string of the molecule is COc1ccc(OC)c(NC(=O)CSc2nc3ncccc3c(=O)n2CC(C)C)c1. The number of hydrogen-bond donors (Lipinski definition) is 1. The van der Waals surface area contributed by atoms with Gasteiger partial charge in [-0.15, -0.1) is 0 Å². The van der Waals surface area contributed by atoms with E-state index < -0.39 is 0 Å². The van der Waals surface area contributed by atoms with Crippen LogP contribution in [0.4, 0.5) is 5.69 Å². The van der Waals surface area contributed by atoms with Crippen LogP contribution in [0.3, 0.4) is 0 Å². The van der Waals surface area contributed by atoms with Gasteiger partial charge in [-0.05, 0) is 30.2 Å². The summed E-state index contributed by atoms with van der Waals surface area (Å²) < 4.78 is 12.1. The van der Waals surface area contributed by atoms with Crippen LogP contribution in [0.2, 0.25) is 0 Å². The van der Waals surface area contributed by atoms with Gasteiger partial charge in [-0.2, -0.15) is 0 Å². The van der Waals surface area contributed by atoms with Crippen LogP contribution in [0.1, 0.15) is 13.8 Å². The number of anilines is 1. The molecule has 8 nitrogen and oxygen atoms in total. The Morgan fingerprint density at radius 1 is 1.23 bits per heavy atom. The molecule has 0 saturated heterocycles. The molecular weight excluding hydrogens is 404 g/mol. The van der Waals surface area contributed by atoms with Crippen molar-refractivity contribution in [3.05, 3.63) is 46.9 Å². The van der Waals surface area contributed by atoms with Crippen molar-refractivity contribution in [3.63, 3.8) is 0 Å². The number of nitrogens with one attached hydrogen (secondary N) is 1. The summed E-state index contributed by atoms with van der Waals surface area (Å²) in [7, 11) is 3.08. The first-order valence-electron chi connectivity index (χ1n) is 9.43. The number of pyridine rings is 1. The van der Waals surface area contributed by atoms with Crippen molar-refractivity contribution in [2.45, 2.75) is 25.5 Å². The molecule has 1 amide bonds. The molecule has 0 bridgehead atoms. The third-order valence-electron chi connectivity index (χ3n) is 4.26. The summed E-state index contributed by atoms with van der Waals surface area (Å²) in [6.45, 7) is 4.55. The molecule has 0 radical (unpaired) electrons. The predicted molar refractivity (Wildman–Crippen MR) is 118 cm³/mol. The number of carbonyl (C=O) groups is 1. The van der Waals surface area contributed by atoms with Crippen LogP contribution in [0, 0.1) is 5.92 Å². The molecule has 0 saturated carbocycles. The fourth-order valence-electron chi connectivity index (χ4n) is 2.90. The molecule has 9 heteroatoms. The van der Waals surface area contributed by atoms with Gasteiger partial charge in [0.05, 0.1) is 31.0 Å². The monoisotopic (exact) mass is 428 g/mol. The molecule has 1 aromatic carbocycles. The molecule has 0 aliphatic carbocycles. The summed E-state index contributed by atoms with van der Waals surface area (Å²) in [4.78, 5) is 34.2. The number of carbonyl (C=O) groups excluding carboxylic acids is 1. The van der Waals surface area contributed by atoms with E-state index in [-0.39, 0.29) is 23.1 Å². The lowest BCUT2D eigenvalue weighted by atomic mass is 10.2. The first-order chi connectivity index (χ1) is 14.4. The Hall–Kier alpha value is -3.07. The number of hydrogen-bond acceptors (Lipinski definition) is 7. The van der Waals surface area contributed by atoms with Crippen LogP contribution < -0.4 is 20.3 Å². The summed E-state index contributed by atoms with van der Waals surface area (Å²) in [5, 5.41) is 3.75. The number of thioether (sulfide) groups is 1. The molecule has 0 atom stereocenters. The van der Waals surface area contributed by atoms with Gasteiger partial charge < -0.3 is 14.8 Å². The third kappa shape index (κ3) is 4.91. The molecule has 2 aromatic heterocycles. The zero-order valence-electron chi connectivity index (χ0n) is 17.3. The Morgan fingerprint density at radius 3 is 2.73 bits per heavy atom. The Morgan fingerprint density at radius 2 is 2.03 bits per heavy atom. The molecular formula is C21H24N4O4S. The van der Waals surface area contributed by atoms with E-state index in [0.717, 1.165) is 0 Å². The van der Waals surface area contributed by atoms with Gasteiger partial charge in [0, 0.05) is 18.8 Å². The fraction of sp³-hybridized carbons (Fsp3) is 0.333. The van der Waals surface area contributed by atoms with E-state index in [1.807, 2.05) is 13.8 Å². The maximum Gasteiger partial charge on any atom is 0.263 e. The topological polar surface area (TPSA) is 95.3 Å². The standard InChI is InChI=1S/C21H24N4O4S/c1-13(2)11-25-20(27)15-6-5-9-22-19(15)24-21(25)30-12-18(26)23-16-10-14(28-3)7-8-17(16)29-4/h5-10,13H,11-12H2,1-4H3,(H,23,26). The van der Waals surface area contributed by atoms with Crippen molar-refractivity contribution in [2.75, 3.05) is 25.3 Å². The minimum absolute atomic E-state index is 0.0727. The smallest absolute Gasteiger partial charge is 0.263 e. The number of methoxy groups -OCH3 is 2. The van der Waals surface area contributed by atoms with Crippen LogP contribution in [0.5, 0.6) is 11.5 Å². The Kier molecular flexibility index (Phi) is 6.94. The van der Waals surface area contributed by atoms with Crippen molar-refractivity contribution in [1.29, 1.82) is 0 Å². The van der Waals surface area contributed by atoms with Crippen molar-refractivity contribution in [1.82, 2.24) is 14.5 Å². The van der Waals surface area contributed by atoms with Crippen molar-refractivity contribution >= 4 is 34.4 Å². The molecule has 0 unspecified atom stereocenters. The van der Waals surface area contributed by atoms with E-state index in [4.69, 9.17) is 9.47 Å². The van der Waals surface area contributed by atoms with Gasteiger partial charge in [-0.3, -0.25) is 14.2 Å². The van der Waals surface area contributed by atoms with Gasteiger partial charge >= 0.3 is 0 Å². The second-order valence-corrected chi connectivity index (χ2v) is 7.92. The summed E-state index contributed by atoms with van der Waals surface area (Å²) in [6.07, 6.45) is 1.60. The number of ether oxygens (including phenoxy) is 2. The Labute approximate surface area is 178 Å². The highest BCUT2D eigenvalue weighted by molar-refractivity contribution is 7.99. The Bertz CT molecular complexity index is 1110. The molecule has 0 spiro atoms. The molecule has 158 valence electrons. The number of rotatable bonds is 8. The lowest BCUT2D eigenvalue weighted by Crippen LogP contribution is -2.26. The van der Waals surface area contributed by atoms with Crippen molar-refractivity contribution in [2.24, 2.45) is 5.92 Å². The predicted octanol–water partition coefficient (Wildman–Crippen LogP) is 3.20. The van der Waals surface area contributed by atoms with Gasteiger partial charge in [0.2, 0.25) is 5.91 Å². The second kappa shape index (κ2) is 9.62. The molecule has 0 fully saturated rings. The highest BCUT2D eigenvalue weighted by atomic mass is 32.2. The van der Waals surface area contributed by atoms with E-state index >= 15 is 0 Å². The summed E-state index contributed by atoms with van der Waals surface area (Å²) in [6, 6.07) is 8.59. The van der Waals surface area contributed by atoms with Gasteiger partial charge in [0.1, 0.15) is 11.5 Å².